The van der Waals surface area contributed by atoms with E-state index in [0.29, 0.717) is 21.9 Å². The van der Waals surface area contributed by atoms with E-state index in [9.17, 15) is 13.0 Å². The molecule has 0 aliphatic carbocycles. The van der Waals surface area contributed by atoms with E-state index in [1.54, 1.807) is 6.07 Å². The molecular formula is C10H5N2NaO4S. The van der Waals surface area contributed by atoms with Crippen molar-refractivity contribution in [1.82, 2.24) is 10.4 Å². The Morgan fingerprint density at radius 1 is 1.11 bits per heavy atom. The van der Waals surface area contributed by atoms with Gasteiger partial charge in [0.25, 0.3) is 0 Å². The van der Waals surface area contributed by atoms with Crippen LogP contribution in [0.5, 0.6) is 0 Å². The van der Waals surface area contributed by atoms with Crippen LogP contribution in [0.4, 0.5) is 0 Å². The van der Waals surface area contributed by atoms with Crippen LogP contribution in [-0.2, 0) is 10.1 Å². The maximum atomic E-state index is 11.1. The van der Waals surface area contributed by atoms with Gasteiger partial charge < -0.3 is 9.08 Å². The summed E-state index contributed by atoms with van der Waals surface area (Å²) in [5.41, 5.74) is 0.881. The van der Waals surface area contributed by atoms with Crippen LogP contribution in [0.25, 0.3) is 21.9 Å². The zero-order chi connectivity index (χ0) is 12.0. The summed E-state index contributed by atoms with van der Waals surface area (Å²) < 4.78 is 38.2. The molecule has 0 saturated heterocycles. The molecule has 0 aliphatic heterocycles. The summed E-state index contributed by atoms with van der Waals surface area (Å²) in [6.45, 7) is 0. The number of aromatic nitrogens is 2. The Morgan fingerprint density at radius 3 is 2.61 bits per heavy atom. The molecule has 2 aromatic carbocycles. The van der Waals surface area contributed by atoms with Crippen LogP contribution in [0.15, 0.2) is 39.8 Å². The predicted molar refractivity (Wildman–Crippen MR) is 57.3 cm³/mol. The van der Waals surface area contributed by atoms with E-state index < -0.39 is 10.1 Å². The zero-order valence-corrected chi connectivity index (χ0v) is 12.1. The first-order chi connectivity index (χ1) is 8.07. The summed E-state index contributed by atoms with van der Waals surface area (Å²) in [5, 5.41) is 8.00. The average Bonchev–Trinajstić information content (AvgIpc) is 2.75. The van der Waals surface area contributed by atoms with Gasteiger partial charge in [0.2, 0.25) is 0 Å². The van der Waals surface area contributed by atoms with Gasteiger partial charge in [0.15, 0.2) is 5.58 Å². The number of hydrogen-bond acceptors (Lipinski definition) is 6. The minimum Gasteiger partial charge on any atom is -0.744 e. The van der Waals surface area contributed by atoms with E-state index in [1.165, 1.54) is 24.3 Å². The molecule has 0 radical (unpaired) electrons. The van der Waals surface area contributed by atoms with E-state index in [2.05, 4.69) is 10.4 Å². The molecule has 0 N–H and O–H groups in total. The van der Waals surface area contributed by atoms with Crippen molar-refractivity contribution in [1.29, 1.82) is 0 Å². The van der Waals surface area contributed by atoms with Gasteiger partial charge in [-0.2, -0.15) is 0 Å². The summed E-state index contributed by atoms with van der Waals surface area (Å²) in [6, 6.07) is 7.46. The van der Waals surface area contributed by atoms with Crippen molar-refractivity contribution >= 4 is 32.0 Å². The molecule has 6 nitrogen and oxygen atoms in total. The molecule has 0 unspecified atom stereocenters. The van der Waals surface area contributed by atoms with Gasteiger partial charge in [0.1, 0.15) is 15.6 Å². The summed E-state index contributed by atoms with van der Waals surface area (Å²) in [4.78, 5) is -0.264. The third-order valence-corrected chi connectivity index (χ3v) is 3.40. The molecule has 1 aromatic heterocycles. The second-order valence-electron chi connectivity index (χ2n) is 3.49. The van der Waals surface area contributed by atoms with E-state index in [1.807, 2.05) is 0 Å². The molecule has 0 bridgehead atoms. The molecule has 0 atom stereocenters. The molecule has 8 heteroatoms. The second-order valence-corrected chi connectivity index (χ2v) is 4.84. The fourth-order valence-electron chi connectivity index (χ4n) is 1.79. The first kappa shape index (κ1) is 13.4. The number of hydrogen-bond donors (Lipinski definition) is 0. The molecule has 0 spiro atoms. The molecule has 0 amide bonds. The van der Waals surface area contributed by atoms with E-state index in [-0.39, 0.29) is 34.5 Å². The van der Waals surface area contributed by atoms with Crippen molar-refractivity contribution in [3.05, 3.63) is 30.3 Å². The maximum Gasteiger partial charge on any atom is 1.00 e. The third kappa shape index (κ3) is 2.04. The molecule has 86 valence electrons. The minimum atomic E-state index is -4.51. The molecule has 0 fully saturated rings. The largest absolute Gasteiger partial charge is 1.00 e. The monoisotopic (exact) mass is 272 g/mol. The van der Waals surface area contributed by atoms with E-state index >= 15 is 0 Å². The molecule has 3 aromatic rings. The van der Waals surface area contributed by atoms with Gasteiger partial charge in [-0.25, -0.2) is 8.42 Å². The van der Waals surface area contributed by atoms with Crippen molar-refractivity contribution in [2.75, 3.05) is 0 Å². The number of benzene rings is 2. The van der Waals surface area contributed by atoms with Gasteiger partial charge in [-0.3, -0.25) is 0 Å². The van der Waals surface area contributed by atoms with Crippen LogP contribution in [0.2, 0.25) is 0 Å². The number of fused-ring (bicyclic) bond motifs is 3. The van der Waals surface area contributed by atoms with Crippen molar-refractivity contribution in [2.45, 2.75) is 4.90 Å². The number of nitrogens with zero attached hydrogens (tertiary/aromatic N) is 2. The number of rotatable bonds is 1. The van der Waals surface area contributed by atoms with Crippen LogP contribution in [0, 0.1) is 0 Å². The predicted octanol–water partition coefficient (Wildman–Crippen LogP) is -1.72. The van der Waals surface area contributed by atoms with Gasteiger partial charge in [0, 0.05) is 16.0 Å². The van der Waals surface area contributed by atoms with Crippen molar-refractivity contribution in [3.63, 3.8) is 0 Å². The molecule has 18 heavy (non-hydrogen) atoms. The van der Waals surface area contributed by atoms with Gasteiger partial charge >= 0.3 is 29.6 Å². The van der Waals surface area contributed by atoms with Gasteiger partial charge in [-0.1, -0.05) is 12.1 Å². The Kier molecular flexibility index (Phi) is 3.43. The minimum absolute atomic E-state index is 0. The Morgan fingerprint density at radius 2 is 1.89 bits per heavy atom. The van der Waals surface area contributed by atoms with Crippen molar-refractivity contribution in [2.24, 2.45) is 0 Å². The topological polar surface area (TPSA) is 96.1 Å². The van der Waals surface area contributed by atoms with Gasteiger partial charge in [-0.05, 0) is 18.2 Å². The Hall–Kier alpha value is -0.990. The van der Waals surface area contributed by atoms with Crippen molar-refractivity contribution < 1.29 is 47.1 Å². The first-order valence-corrected chi connectivity index (χ1v) is 6.08. The van der Waals surface area contributed by atoms with Crippen LogP contribution in [0.1, 0.15) is 0 Å². The van der Waals surface area contributed by atoms with Crippen LogP contribution >= 0.6 is 0 Å². The van der Waals surface area contributed by atoms with E-state index in [0.717, 1.165) is 0 Å². The Labute approximate surface area is 124 Å². The summed E-state index contributed by atoms with van der Waals surface area (Å²) in [6.07, 6.45) is 0. The zero-order valence-electron chi connectivity index (χ0n) is 9.32. The Bertz CT molecular complexity index is 828. The fraction of sp³-hybridized carbons (Fsp3) is 0. The summed E-state index contributed by atoms with van der Waals surface area (Å²) in [5.74, 6) is 0. The molecule has 3 rings (SSSR count). The molecule has 0 aliphatic rings. The average molecular weight is 272 g/mol. The van der Waals surface area contributed by atoms with Gasteiger partial charge in [0.05, 0.1) is 4.90 Å². The summed E-state index contributed by atoms with van der Waals surface area (Å²) in [7, 11) is -4.51. The third-order valence-electron chi connectivity index (χ3n) is 2.51. The SMILES string of the molecule is O=S(=O)([O-])c1cccc2c1ccc1onnc12.[Na+]. The summed E-state index contributed by atoms with van der Waals surface area (Å²) >= 11 is 0. The van der Waals surface area contributed by atoms with E-state index in [4.69, 9.17) is 4.52 Å². The molecular weight excluding hydrogens is 267 g/mol. The van der Waals surface area contributed by atoms with Crippen molar-refractivity contribution in [3.8, 4) is 0 Å². The van der Waals surface area contributed by atoms with Crippen LogP contribution in [-0.4, -0.2) is 23.3 Å². The Balaban J connectivity index is 0.00000120. The van der Waals surface area contributed by atoms with Crippen LogP contribution < -0.4 is 29.6 Å². The van der Waals surface area contributed by atoms with Gasteiger partial charge in [-0.15, -0.1) is 5.10 Å². The smallest absolute Gasteiger partial charge is 0.744 e. The van der Waals surface area contributed by atoms with Crippen LogP contribution in [0.3, 0.4) is 0 Å². The molecule has 1 heterocycles. The quantitative estimate of drug-likeness (QED) is 0.386. The molecule has 0 saturated carbocycles. The maximum absolute atomic E-state index is 11.1. The normalized spacial score (nSPS) is 11.6. The second kappa shape index (κ2) is 4.60. The fourth-order valence-corrected chi connectivity index (χ4v) is 2.49. The first-order valence-electron chi connectivity index (χ1n) is 4.67. The standard InChI is InChI=1S/C10H6N2O4S.Na/c13-17(14,15)9-3-1-2-7-6(9)4-5-8-10(7)11-12-16-8;/h1-5H,(H,13,14,15);/q;+1/p-1.